The molecule has 8 aromatic carbocycles. The van der Waals surface area contributed by atoms with Crippen LogP contribution in [-0.2, 0) is 0 Å². The van der Waals surface area contributed by atoms with Crippen LogP contribution >= 0.6 is 0 Å². The molecule has 0 spiro atoms. The number of hydrogen-bond acceptors (Lipinski definition) is 5. The Balaban J connectivity index is 1.18. The molecule has 12 aromatic rings. The van der Waals surface area contributed by atoms with Gasteiger partial charge in [0.05, 0.1) is 44.7 Å². The van der Waals surface area contributed by atoms with Crippen molar-refractivity contribution in [2.24, 2.45) is 0 Å². The number of benzene rings is 8. The molecule has 9 heteroatoms. The topological polar surface area (TPSA) is 89.6 Å². The van der Waals surface area contributed by atoms with Crippen molar-refractivity contribution >= 4 is 78.5 Å². The Labute approximate surface area is 356 Å². The highest BCUT2D eigenvalue weighted by Gasteiger charge is 2.41. The van der Waals surface area contributed by atoms with E-state index in [2.05, 4.69) is 161 Å². The number of fused-ring (bicyclic) bond motifs is 8. The fourth-order valence-corrected chi connectivity index (χ4v) is 14.2. The van der Waals surface area contributed by atoms with Crippen LogP contribution in [0.3, 0.4) is 0 Å². The predicted octanol–water partition coefficient (Wildman–Crippen LogP) is 8.63. The fraction of sp³-hybridized carbons (Fsp3) is 0. The molecule has 0 aliphatic rings. The second-order valence-electron chi connectivity index (χ2n) is 15.4. The first-order valence-electron chi connectivity index (χ1n) is 20.5. The van der Waals surface area contributed by atoms with Crippen LogP contribution in [0.2, 0.25) is 0 Å². The SMILES string of the molecule is N#Cc1ccc2c(c1)c1ccccc1n2-c1nc(-c2cccc([Si](c3ccccc3)(c3ccccc3)c3ccccc3)c2)nc(-n2c3ccccc3n3c4ccccc4nc23)n1. The third kappa shape index (κ3) is 5.31. The molecule has 290 valence electrons. The van der Waals surface area contributed by atoms with E-state index in [4.69, 9.17) is 19.9 Å². The van der Waals surface area contributed by atoms with Crippen molar-refractivity contribution in [1.82, 2.24) is 33.5 Å². The van der Waals surface area contributed by atoms with Crippen LogP contribution in [0.1, 0.15) is 5.56 Å². The summed E-state index contributed by atoms with van der Waals surface area (Å²) < 4.78 is 6.32. The molecule has 4 aromatic heterocycles. The third-order valence-electron chi connectivity index (χ3n) is 12.1. The maximum Gasteiger partial charge on any atom is 0.242 e. The Morgan fingerprint density at radius 2 is 0.952 bits per heavy atom. The summed E-state index contributed by atoms with van der Waals surface area (Å²) in [5.74, 6) is 2.12. The molecule has 0 N–H and O–H groups in total. The van der Waals surface area contributed by atoms with Crippen LogP contribution in [0.15, 0.2) is 206 Å². The van der Waals surface area contributed by atoms with Gasteiger partial charge in [-0.3, -0.25) is 8.97 Å². The second-order valence-corrected chi connectivity index (χ2v) is 19.3. The van der Waals surface area contributed by atoms with E-state index in [1.165, 1.54) is 20.7 Å². The summed E-state index contributed by atoms with van der Waals surface area (Å²) in [7, 11) is -2.89. The van der Waals surface area contributed by atoms with Crippen molar-refractivity contribution < 1.29 is 0 Å². The van der Waals surface area contributed by atoms with Gasteiger partial charge in [-0.15, -0.1) is 0 Å². The van der Waals surface area contributed by atoms with E-state index in [9.17, 15) is 5.26 Å². The highest BCUT2D eigenvalue weighted by Crippen LogP contribution is 2.34. The van der Waals surface area contributed by atoms with Crippen LogP contribution in [0.25, 0.3) is 72.9 Å². The zero-order chi connectivity index (χ0) is 41.2. The lowest BCUT2D eigenvalue weighted by molar-refractivity contribution is 0.885. The predicted molar refractivity (Wildman–Crippen MR) is 251 cm³/mol. The maximum absolute atomic E-state index is 9.92. The van der Waals surface area contributed by atoms with Crippen LogP contribution < -0.4 is 20.7 Å². The first-order chi connectivity index (χ1) is 30.7. The van der Waals surface area contributed by atoms with E-state index in [1.807, 2.05) is 65.2 Å². The number of hydrogen-bond donors (Lipinski definition) is 0. The largest absolute Gasteiger partial charge is 0.278 e. The monoisotopic (exact) mass is 810 g/mol. The Morgan fingerprint density at radius 1 is 0.403 bits per heavy atom. The molecule has 0 atom stereocenters. The molecule has 0 amide bonds. The van der Waals surface area contributed by atoms with Crippen LogP contribution in [0.5, 0.6) is 0 Å². The van der Waals surface area contributed by atoms with Gasteiger partial charge in [0.1, 0.15) is 0 Å². The molecular weight excluding hydrogens is 777 g/mol. The first kappa shape index (κ1) is 35.5. The Kier molecular flexibility index (Phi) is 8.06. The highest BCUT2D eigenvalue weighted by atomic mass is 28.3. The Bertz CT molecular complexity index is 3620. The van der Waals surface area contributed by atoms with Crippen LogP contribution in [-0.4, -0.2) is 41.5 Å². The van der Waals surface area contributed by atoms with Gasteiger partial charge in [0.2, 0.25) is 17.7 Å². The van der Waals surface area contributed by atoms with Crippen LogP contribution in [0.4, 0.5) is 0 Å². The molecule has 0 saturated carbocycles. The lowest BCUT2D eigenvalue weighted by Crippen LogP contribution is -2.74. The summed E-state index contributed by atoms with van der Waals surface area (Å²) in [6.07, 6.45) is 0. The van der Waals surface area contributed by atoms with Crippen molar-refractivity contribution in [2.45, 2.75) is 0 Å². The highest BCUT2D eigenvalue weighted by molar-refractivity contribution is 7.19. The zero-order valence-corrected chi connectivity index (χ0v) is 34.2. The summed E-state index contributed by atoms with van der Waals surface area (Å²) in [5, 5.41) is 16.9. The molecular formula is C53H34N8Si. The van der Waals surface area contributed by atoms with Gasteiger partial charge in [0.15, 0.2) is 13.9 Å². The lowest BCUT2D eigenvalue weighted by Gasteiger charge is -2.34. The average Bonchev–Trinajstić information content (AvgIpc) is 3.99. The summed E-state index contributed by atoms with van der Waals surface area (Å²) in [5.41, 5.74) is 7.05. The van der Waals surface area contributed by atoms with Gasteiger partial charge in [-0.1, -0.05) is 158 Å². The minimum atomic E-state index is -2.89. The van der Waals surface area contributed by atoms with E-state index < -0.39 is 8.07 Å². The minimum absolute atomic E-state index is 0.439. The molecule has 8 nitrogen and oxygen atoms in total. The van der Waals surface area contributed by atoms with E-state index in [0.717, 1.165) is 49.4 Å². The van der Waals surface area contributed by atoms with Gasteiger partial charge in [0, 0.05) is 16.3 Å². The second kappa shape index (κ2) is 14.1. The number of imidazole rings is 2. The van der Waals surface area contributed by atoms with Gasteiger partial charge < -0.3 is 0 Å². The molecule has 0 unspecified atom stereocenters. The summed E-state index contributed by atoms with van der Waals surface area (Å²) in [6, 6.07) is 74.3. The quantitative estimate of drug-likeness (QED) is 0.119. The number of rotatable bonds is 7. The molecule has 12 rings (SSSR count). The van der Waals surface area contributed by atoms with E-state index in [0.29, 0.717) is 29.1 Å². The molecule has 0 radical (unpaired) electrons. The van der Waals surface area contributed by atoms with E-state index in [1.54, 1.807) is 0 Å². The maximum atomic E-state index is 9.92. The van der Waals surface area contributed by atoms with Crippen LogP contribution in [0, 0.1) is 11.3 Å². The Morgan fingerprint density at radius 3 is 1.63 bits per heavy atom. The molecule has 0 aliphatic heterocycles. The van der Waals surface area contributed by atoms with Crippen molar-refractivity contribution in [3.8, 4) is 29.4 Å². The molecule has 4 heterocycles. The number of nitriles is 1. The fourth-order valence-electron chi connectivity index (χ4n) is 9.44. The lowest BCUT2D eigenvalue weighted by atomic mass is 10.1. The van der Waals surface area contributed by atoms with Crippen molar-refractivity contribution in [1.29, 1.82) is 5.26 Å². The van der Waals surface area contributed by atoms with Gasteiger partial charge >= 0.3 is 0 Å². The smallest absolute Gasteiger partial charge is 0.242 e. The normalized spacial score (nSPS) is 11.9. The van der Waals surface area contributed by atoms with Crippen molar-refractivity contribution in [3.63, 3.8) is 0 Å². The van der Waals surface area contributed by atoms with Crippen molar-refractivity contribution in [2.75, 3.05) is 0 Å². The minimum Gasteiger partial charge on any atom is -0.278 e. The molecule has 0 bridgehead atoms. The average molecular weight is 811 g/mol. The van der Waals surface area contributed by atoms with Gasteiger partial charge in [-0.2, -0.15) is 20.2 Å². The number of nitrogens with zero attached hydrogens (tertiary/aromatic N) is 8. The number of aromatic nitrogens is 7. The van der Waals surface area contributed by atoms with E-state index >= 15 is 0 Å². The molecule has 0 saturated heterocycles. The molecule has 0 fully saturated rings. The third-order valence-corrected chi connectivity index (χ3v) is 16.9. The molecule has 0 aliphatic carbocycles. The Hall–Kier alpha value is -8.45. The first-order valence-corrected chi connectivity index (χ1v) is 22.5. The van der Waals surface area contributed by atoms with Crippen molar-refractivity contribution in [3.05, 3.63) is 212 Å². The summed E-state index contributed by atoms with van der Waals surface area (Å²) in [6.45, 7) is 0. The van der Waals surface area contributed by atoms with Gasteiger partial charge in [-0.25, -0.2) is 9.55 Å². The standard InChI is InChI=1S/C53H34N8Si/c54-35-36-31-32-46-43(33-36)42-25-10-12-27-45(42)59(46)51-56-50(57-52(58-51)61-49-30-15-14-29-48(49)60-47-28-13-11-26-44(47)55-53(60)61)37-17-16-24-41(34-37)62(38-18-4-1-5-19-38,39-20-6-2-7-21-39)40-22-8-3-9-23-40/h1-34H. The van der Waals surface area contributed by atoms with E-state index in [-0.39, 0.29) is 0 Å². The summed E-state index contributed by atoms with van der Waals surface area (Å²) in [4.78, 5) is 21.3. The zero-order valence-electron chi connectivity index (χ0n) is 33.2. The van der Waals surface area contributed by atoms with Gasteiger partial charge in [-0.05, 0) is 69.3 Å². The summed E-state index contributed by atoms with van der Waals surface area (Å²) >= 11 is 0. The molecule has 62 heavy (non-hydrogen) atoms. The number of para-hydroxylation sites is 5. The van der Waals surface area contributed by atoms with Gasteiger partial charge in [0.25, 0.3) is 0 Å².